The van der Waals surface area contributed by atoms with Gasteiger partial charge in [0.1, 0.15) is 0 Å². The summed E-state index contributed by atoms with van der Waals surface area (Å²) in [6, 6.07) is 43.3. The average molecular weight is 821 g/mol. The van der Waals surface area contributed by atoms with E-state index in [2.05, 4.69) is 177 Å². The molecule has 0 N–H and O–H groups in total. The van der Waals surface area contributed by atoms with Crippen LogP contribution in [-0.2, 0) is 41.8 Å². The van der Waals surface area contributed by atoms with E-state index in [9.17, 15) is 0 Å². The van der Waals surface area contributed by atoms with Crippen LogP contribution in [0.1, 0.15) is 103 Å². The summed E-state index contributed by atoms with van der Waals surface area (Å²) in [4.78, 5) is 9.51. The summed E-state index contributed by atoms with van der Waals surface area (Å²) >= 11 is 0. The molecule has 0 aliphatic heterocycles. The van der Waals surface area contributed by atoms with Gasteiger partial charge in [-0.25, -0.2) is 0 Å². The predicted molar refractivity (Wildman–Crippen MR) is 203 cm³/mol. The van der Waals surface area contributed by atoms with Gasteiger partial charge in [-0.3, -0.25) is 4.98 Å². The van der Waals surface area contributed by atoms with Gasteiger partial charge in [-0.15, -0.1) is 70.3 Å². The first kappa shape index (κ1) is 36.4. The number of pyridine rings is 2. The molecule has 2 aromatic heterocycles. The van der Waals surface area contributed by atoms with Gasteiger partial charge in [0.25, 0.3) is 0 Å². The molecule has 0 atom stereocenters. The third-order valence-corrected chi connectivity index (χ3v) is 9.99. The molecule has 49 heavy (non-hydrogen) atoms. The Kier molecular flexibility index (Phi) is 9.96. The zero-order chi connectivity index (χ0) is 34.5. The predicted octanol–water partition coefficient (Wildman–Crippen LogP) is 11.8. The van der Waals surface area contributed by atoms with Crippen LogP contribution >= 0.6 is 0 Å². The summed E-state index contributed by atoms with van der Waals surface area (Å²) in [5.41, 5.74) is 13.5. The van der Waals surface area contributed by atoms with Gasteiger partial charge < -0.3 is 4.98 Å². The molecular formula is C46H48IrN2-2. The monoisotopic (exact) mass is 821 g/mol. The Morgan fingerprint density at radius 2 is 1.18 bits per heavy atom. The molecule has 0 unspecified atom stereocenters. The van der Waals surface area contributed by atoms with E-state index in [1.54, 1.807) is 0 Å². The van der Waals surface area contributed by atoms with E-state index in [4.69, 9.17) is 4.98 Å². The van der Waals surface area contributed by atoms with Crippen molar-refractivity contribution in [3.63, 3.8) is 0 Å². The fourth-order valence-electron chi connectivity index (χ4n) is 7.05. The number of hydrogen-bond acceptors (Lipinski definition) is 2. The largest absolute Gasteiger partial charge is 0.305 e. The summed E-state index contributed by atoms with van der Waals surface area (Å²) in [5.74, 6) is 0. The second kappa shape index (κ2) is 13.4. The number of aromatic nitrogens is 2. The van der Waals surface area contributed by atoms with Gasteiger partial charge in [-0.1, -0.05) is 130 Å². The normalized spacial score (nSPS) is 14.5. The van der Waals surface area contributed by atoms with Crippen LogP contribution in [0.2, 0.25) is 0 Å². The number of benzene rings is 4. The van der Waals surface area contributed by atoms with E-state index in [0.29, 0.717) is 0 Å². The van der Waals surface area contributed by atoms with Gasteiger partial charge in [-0.05, 0) is 67.3 Å². The molecular weight excluding hydrogens is 773 g/mol. The van der Waals surface area contributed by atoms with Crippen LogP contribution in [0.25, 0.3) is 33.4 Å². The van der Waals surface area contributed by atoms with Crippen molar-refractivity contribution >= 4 is 10.9 Å². The SMILES string of the molecule is CC(C)(C)c1cc[c-]c(-c2cc(C(C)(C)C)ccn2)c1.CC1(C)c2ccccc2C(C)(C)c2c(-c3ccc4ccccc4n3)[c-]ccc21.[Ir]. The van der Waals surface area contributed by atoms with E-state index >= 15 is 0 Å². The summed E-state index contributed by atoms with van der Waals surface area (Å²) in [5, 5.41) is 1.17. The molecule has 7 rings (SSSR count). The summed E-state index contributed by atoms with van der Waals surface area (Å²) < 4.78 is 0. The van der Waals surface area contributed by atoms with Crippen molar-refractivity contribution in [3.05, 3.63) is 155 Å². The number of para-hydroxylation sites is 1. The van der Waals surface area contributed by atoms with Crippen LogP contribution in [0, 0.1) is 12.1 Å². The second-order valence-electron chi connectivity index (χ2n) is 16.2. The van der Waals surface area contributed by atoms with Gasteiger partial charge in [-0.2, -0.15) is 0 Å². The quantitative estimate of drug-likeness (QED) is 0.163. The summed E-state index contributed by atoms with van der Waals surface area (Å²) in [7, 11) is 0. The number of fused-ring (bicyclic) bond motifs is 3. The summed E-state index contributed by atoms with van der Waals surface area (Å²) in [6.45, 7) is 22.7. The second-order valence-corrected chi connectivity index (χ2v) is 16.2. The van der Waals surface area contributed by atoms with Crippen LogP contribution in [0.15, 0.2) is 109 Å². The van der Waals surface area contributed by atoms with Crippen LogP contribution < -0.4 is 0 Å². The third-order valence-electron chi connectivity index (χ3n) is 9.99. The first-order chi connectivity index (χ1) is 22.6. The molecule has 0 saturated carbocycles. The minimum atomic E-state index is -0.109. The van der Waals surface area contributed by atoms with E-state index in [1.807, 2.05) is 18.3 Å². The molecule has 3 heteroatoms. The Labute approximate surface area is 307 Å². The topological polar surface area (TPSA) is 25.8 Å². The van der Waals surface area contributed by atoms with E-state index < -0.39 is 0 Å². The fourth-order valence-corrected chi connectivity index (χ4v) is 7.05. The van der Waals surface area contributed by atoms with Crippen molar-refractivity contribution in [2.75, 3.05) is 0 Å². The smallest absolute Gasteiger partial charge is 0.0595 e. The standard InChI is InChI=1S/C27H24N.C19H24N.Ir/c1-26(2)20-12-6-7-13-21(20)27(3,4)25-19(11-9-14-22(25)26)24-17-16-18-10-5-8-15-23(18)28-24;1-18(2,3)15-9-7-8-14(12-15)17-13-16(10-11-20-17)19(4,5)6;/h5-10,12-17H,1-4H3;7,9-13H,1-6H3;/q2*-1;. The van der Waals surface area contributed by atoms with Gasteiger partial charge in [0.15, 0.2) is 0 Å². The number of hydrogen-bond donors (Lipinski definition) is 0. The maximum atomic E-state index is 4.99. The van der Waals surface area contributed by atoms with Crippen molar-refractivity contribution in [1.82, 2.24) is 9.97 Å². The molecule has 0 saturated heterocycles. The molecule has 6 aromatic rings. The zero-order valence-electron chi connectivity index (χ0n) is 30.6. The van der Waals surface area contributed by atoms with Gasteiger partial charge in [0, 0.05) is 26.3 Å². The van der Waals surface area contributed by atoms with E-state index in [-0.39, 0.29) is 41.8 Å². The summed E-state index contributed by atoms with van der Waals surface area (Å²) in [6.07, 6.45) is 1.90. The van der Waals surface area contributed by atoms with Crippen molar-refractivity contribution in [2.24, 2.45) is 0 Å². The van der Waals surface area contributed by atoms with Crippen LogP contribution in [-0.4, -0.2) is 9.97 Å². The average Bonchev–Trinajstić information content (AvgIpc) is 3.07. The van der Waals surface area contributed by atoms with Gasteiger partial charge >= 0.3 is 0 Å². The molecule has 2 nitrogen and oxygen atoms in total. The first-order valence-corrected chi connectivity index (χ1v) is 17.1. The molecule has 0 fully saturated rings. The molecule has 1 aliphatic carbocycles. The Hall–Kier alpha value is -3.91. The first-order valence-electron chi connectivity index (χ1n) is 17.1. The van der Waals surface area contributed by atoms with Gasteiger partial charge in [0.2, 0.25) is 0 Å². The molecule has 4 aromatic carbocycles. The molecule has 0 spiro atoms. The Balaban J connectivity index is 0.000000199. The minimum Gasteiger partial charge on any atom is -0.305 e. The zero-order valence-corrected chi connectivity index (χ0v) is 33.0. The Morgan fingerprint density at radius 3 is 1.88 bits per heavy atom. The van der Waals surface area contributed by atoms with Crippen LogP contribution in [0.5, 0.6) is 0 Å². The molecule has 0 bridgehead atoms. The van der Waals surface area contributed by atoms with Gasteiger partial charge in [0.05, 0.1) is 5.52 Å². The van der Waals surface area contributed by atoms with Crippen LogP contribution in [0.4, 0.5) is 0 Å². The van der Waals surface area contributed by atoms with Crippen molar-refractivity contribution < 1.29 is 20.1 Å². The van der Waals surface area contributed by atoms with Crippen LogP contribution in [0.3, 0.4) is 0 Å². The fraction of sp³-hybridized carbons (Fsp3) is 0.304. The Morgan fingerprint density at radius 1 is 0.571 bits per heavy atom. The number of nitrogens with zero attached hydrogens (tertiary/aromatic N) is 2. The minimum absolute atomic E-state index is 0. The van der Waals surface area contributed by atoms with E-state index in [1.165, 1.54) is 38.8 Å². The van der Waals surface area contributed by atoms with Crippen molar-refractivity contribution in [2.45, 2.75) is 90.9 Å². The van der Waals surface area contributed by atoms with Crippen molar-refractivity contribution in [1.29, 1.82) is 0 Å². The Bertz CT molecular complexity index is 2050. The molecule has 253 valence electrons. The van der Waals surface area contributed by atoms with E-state index in [0.717, 1.165) is 28.0 Å². The molecule has 1 aliphatic rings. The maximum Gasteiger partial charge on any atom is 0.0595 e. The number of rotatable bonds is 2. The molecule has 2 heterocycles. The molecule has 1 radical (unpaired) electrons. The third kappa shape index (κ3) is 7.07. The van der Waals surface area contributed by atoms with Crippen molar-refractivity contribution in [3.8, 4) is 22.5 Å². The molecule has 0 amide bonds. The maximum absolute atomic E-state index is 4.99.